The first-order chi connectivity index (χ1) is 3.83. The van der Waals surface area contributed by atoms with E-state index >= 15 is 0 Å². The van der Waals surface area contributed by atoms with E-state index in [1.807, 2.05) is 0 Å². The number of halogens is 1. The van der Waals surface area contributed by atoms with Crippen LogP contribution in [0.25, 0.3) is 0 Å². The maximum atomic E-state index is 12.3. The number of alkyl halides is 1. The van der Waals surface area contributed by atoms with Gasteiger partial charge in [-0.05, 0) is 25.2 Å². The molecule has 0 saturated heterocycles. The van der Waals surface area contributed by atoms with Gasteiger partial charge in [0, 0.05) is 0 Å². The lowest BCUT2D eigenvalue weighted by Gasteiger charge is -2.00. The molecule has 1 aliphatic carbocycles. The SMILES string of the molecule is [CH2]CC1CCC(F)C1. The summed E-state index contributed by atoms with van der Waals surface area (Å²) in [6.07, 6.45) is 3.01. The summed E-state index contributed by atoms with van der Waals surface area (Å²) in [5, 5.41) is 0. The van der Waals surface area contributed by atoms with Gasteiger partial charge in [-0.2, -0.15) is 0 Å². The Hall–Kier alpha value is -0.0700. The van der Waals surface area contributed by atoms with Crippen molar-refractivity contribution < 1.29 is 4.39 Å². The van der Waals surface area contributed by atoms with Gasteiger partial charge in [-0.1, -0.05) is 13.3 Å². The van der Waals surface area contributed by atoms with Crippen LogP contribution in [0.5, 0.6) is 0 Å². The standard InChI is InChI=1S/C7H12F/c1-2-6-3-4-7(8)5-6/h6-7H,1-5H2. The second kappa shape index (κ2) is 2.47. The van der Waals surface area contributed by atoms with E-state index in [4.69, 9.17) is 0 Å². The largest absolute Gasteiger partial charge is 0.247 e. The van der Waals surface area contributed by atoms with Crippen LogP contribution < -0.4 is 0 Å². The molecule has 1 heteroatoms. The number of hydrogen-bond donors (Lipinski definition) is 0. The first kappa shape index (κ1) is 6.06. The highest BCUT2D eigenvalue weighted by atomic mass is 19.1. The molecular weight excluding hydrogens is 103 g/mol. The zero-order chi connectivity index (χ0) is 5.98. The Bertz CT molecular complexity index is 70.8. The molecule has 1 saturated carbocycles. The molecule has 0 nitrogen and oxygen atoms in total. The molecule has 0 N–H and O–H groups in total. The molecule has 0 aromatic carbocycles. The van der Waals surface area contributed by atoms with Gasteiger partial charge in [-0.15, -0.1) is 0 Å². The van der Waals surface area contributed by atoms with E-state index in [-0.39, 0.29) is 0 Å². The van der Waals surface area contributed by atoms with Gasteiger partial charge in [0.15, 0.2) is 0 Å². The number of hydrogen-bond acceptors (Lipinski definition) is 0. The summed E-state index contributed by atoms with van der Waals surface area (Å²) in [7, 11) is 0. The van der Waals surface area contributed by atoms with Gasteiger partial charge in [0.05, 0.1) is 0 Å². The third-order valence-electron chi connectivity index (χ3n) is 1.89. The Balaban J connectivity index is 2.22. The van der Waals surface area contributed by atoms with Gasteiger partial charge >= 0.3 is 0 Å². The van der Waals surface area contributed by atoms with Crippen molar-refractivity contribution in [3.8, 4) is 0 Å². The Morgan fingerprint density at radius 3 is 2.50 bits per heavy atom. The lowest BCUT2D eigenvalue weighted by atomic mass is 10.1. The first-order valence-corrected chi connectivity index (χ1v) is 3.26. The fourth-order valence-corrected chi connectivity index (χ4v) is 1.28. The summed E-state index contributed by atoms with van der Waals surface area (Å²) in [5.41, 5.74) is 0. The molecule has 1 radical (unpaired) electrons. The van der Waals surface area contributed by atoms with Crippen LogP contribution in [0, 0.1) is 12.8 Å². The summed E-state index contributed by atoms with van der Waals surface area (Å²) in [5.74, 6) is 0.588. The monoisotopic (exact) mass is 115 g/mol. The third kappa shape index (κ3) is 1.21. The quantitative estimate of drug-likeness (QED) is 0.492. The van der Waals surface area contributed by atoms with Crippen molar-refractivity contribution in [2.24, 2.45) is 5.92 Å². The number of rotatable bonds is 1. The van der Waals surface area contributed by atoms with Crippen LogP contribution in [-0.4, -0.2) is 6.17 Å². The molecule has 0 amide bonds. The van der Waals surface area contributed by atoms with E-state index in [2.05, 4.69) is 6.92 Å². The molecule has 1 rings (SSSR count). The normalized spacial score (nSPS) is 38.2. The third-order valence-corrected chi connectivity index (χ3v) is 1.89. The van der Waals surface area contributed by atoms with Crippen LogP contribution in [0.2, 0.25) is 0 Å². The van der Waals surface area contributed by atoms with Crippen LogP contribution in [0.1, 0.15) is 25.7 Å². The van der Waals surface area contributed by atoms with E-state index in [0.29, 0.717) is 5.92 Å². The minimum absolute atomic E-state index is 0.512. The van der Waals surface area contributed by atoms with E-state index in [9.17, 15) is 4.39 Å². The highest BCUT2D eigenvalue weighted by Crippen LogP contribution is 2.29. The minimum Gasteiger partial charge on any atom is -0.247 e. The van der Waals surface area contributed by atoms with Crippen molar-refractivity contribution in [3.05, 3.63) is 6.92 Å². The van der Waals surface area contributed by atoms with Crippen molar-refractivity contribution in [2.75, 3.05) is 0 Å². The average Bonchev–Trinajstić information content (AvgIpc) is 2.14. The molecule has 0 heterocycles. The van der Waals surface area contributed by atoms with E-state index in [1.54, 1.807) is 0 Å². The molecule has 0 spiro atoms. The highest BCUT2D eigenvalue weighted by molar-refractivity contribution is 4.74. The Labute approximate surface area is 50.1 Å². The van der Waals surface area contributed by atoms with Crippen molar-refractivity contribution in [2.45, 2.75) is 31.9 Å². The molecule has 0 aliphatic heterocycles. The van der Waals surface area contributed by atoms with E-state index < -0.39 is 6.17 Å². The Morgan fingerprint density at radius 2 is 2.25 bits per heavy atom. The summed E-state index contributed by atoms with van der Waals surface area (Å²) < 4.78 is 12.3. The van der Waals surface area contributed by atoms with Gasteiger partial charge in [0.1, 0.15) is 6.17 Å². The van der Waals surface area contributed by atoms with Gasteiger partial charge in [0.2, 0.25) is 0 Å². The molecule has 1 aliphatic rings. The predicted octanol–water partition coefficient (Wildman–Crippen LogP) is 2.35. The highest BCUT2D eigenvalue weighted by Gasteiger charge is 2.21. The van der Waals surface area contributed by atoms with Gasteiger partial charge in [0.25, 0.3) is 0 Å². The van der Waals surface area contributed by atoms with Crippen LogP contribution in [0.4, 0.5) is 4.39 Å². The topological polar surface area (TPSA) is 0 Å². The molecule has 1 fully saturated rings. The Morgan fingerprint density at radius 1 is 1.50 bits per heavy atom. The summed E-state index contributed by atoms with van der Waals surface area (Å²) >= 11 is 0. The second-order valence-corrected chi connectivity index (χ2v) is 2.57. The van der Waals surface area contributed by atoms with Gasteiger partial charge in [-0.25, -0.2) is 4.39 Å². The van der Waals surface area contributed by atoms with Crippen molar-refractivity contribution in [1.82, 2.24) is 0 Å². The van der Waals surface area contributed by atoms with Crippen LogP contribution in [0.15, 0.2) is 0 Å². The van der Waals surface area contributed by atoms with Crippen LogP contribution in [0.3, 0.4) is 0 Å². The Kier molecular flexibility index (Phi) is 1.87. The first-order valence-electron chi connectivity index (χ1n) is 3.26. The van der Waals surface area contributed by atoms with Gasteiger partial charge in [-0.3, -0.25) is 0 Å². The van der Waals surface area contributed by atoms with Crippen LogP contribution >= 0.6 is 0 Å². The van der Waals surface area contributed by atoms with Gasteiger partial charge < -0.3 is 0 Å². The lowest BCUT2D eigenvalue weighted by Crippen LogP contribution is -1.92. The summed E-state index contributed by atoms with van der Waals surface area (Å²) in [6, 6.07) is 0. The lowest BCUT2D eigenvalue weighted by molar-refractivity contribution is 0.331. The molecule has 2 unspecified atom stereocenters. The maximum Gasteiger partial charge on any atom is 0.100 e. The van der Waals surface area contributed by atoms with Crippen molar-refractivity contribution >= 4 is 0 Å². The van der Waals surface area contributed by atoms with E-state index in [1.165, 1.54) is 0 Å². The smallest absolute Gasteiger partial charge is 0.100 e. The molecule has 0 aromatic rings. The fraction of sp³-hybridized carbons (Fsp3) is 0.857. The fourth-order valence-electron chi connectivity index (χ4n) is 1.28. The van der Waals surface area contributed by atoms with Crippen molar-refractivity contribution in [3.63, 3.8) is 0 Å². The predicted molar refractivity (Wildman–Crippen MR) is 32.2 cm³/mol. The summed E-state index contributed by atoms with van der Waals surface area (Å²) in [4.78, 5) is 0. The molecular formula is C7H12F. The zero-order valence-corrected chi connectivity index (χ0v) is 5.07. The van der Waals surface area contributed by atoms with Crippen LogP contribution in [-0.2, 0) is 0 Å². The molecule has 0 aromatic heterocycles. The average molecular weight is 115 g/mol. The molecule has 2 atom stereocenters. The molecule has 8 heavy (non-hydrogen) atoms. The molecule has 47 valence electrons. The second-order valence-electron chi connectivity index (χ2n) is 2.57. The van der Waals surface area contributed by atoms with Crippen molar-refractivity contribution in [1.29, 1.82) is 0 Å². The molecule has 0 bridgehead atoms. The summed E-state index contributed by atoms with van der Waals surface area (Å²) in [6.45, 7) is 3.74. The minimum atomic E-state index is -0.512. The van der Waals surface area contributed by atoms with E-state index in [0.717, 1.165) is 25.7 Å². The zero-order valence-electron chi connectivity index (χ0n) is 5.07. The maximum absolute atomic E-state index is 12.3.